The van der Waals surface area contributed by atoms with Gasteiger partial charge in [-0.1, -0.05) is 91.0 Å². The van der Waals surface area contributed by atoms with Crippen LogP contribution in [0.4, 0.5) is 0 Å². The summed E-state index contributed by atoms with van der Waals surface area (Å²) in [5.41, 5.74) is 2.27. The molecule has 4 atom stereocenters. The molecule has 3 aromatic rings. The summed E-state index contributed by atoms with van der Waals surface area (Å²) in [7, 11) is 0. The number of hydrogen-bond acceptors (Lipinski definition) is 8. The summed E-state index contributed by atoms with van der Waals surface area (Å²) in [6.07, 6.45) is -4.82. The largest absolute Gasteiger partial charge is 0.455 e. The van der Waals surface area contributed by atoms with Crippen LogP contribution in [-0.2, 0) is 57.4 Å². The summed E-state index contributed by atoms with van der Waals surface area (Å²) in [5, 5.41) is 0. The Bertz CT molecular complexity index is 1260. The van der Waals surface area contributed by atoms with Crippen LogP contribution in [0.2, 0.25) is 0 Å². The Morgan fingerprint density at radius 3 is 1.51 bits per heavy atom. The average molecular weight is 531 g/mol. The molecule has 0 amide bonds. The molecule has 39 heavy (non-hydrogen) atoms. The van der Waals surface area contributed by atoms with Crippen LogP contribution >= 0.6 is 0 Å². The molecule has 8 heteroatoms. The normalized spacial score (nSPS) is 20.1. The first-order valence-electron chi connectivity index (χ1n) is 12.7. The number of benzene rings is 3. The predicted octanol–water partition coefficient (Wildman–Crippen LogP) is 3.79. The van der Waals surface area contributed by atoms with Crippen LogP contribution in [-0.4, -0.2) is 48.3 Å². The van der Waals surface area contributed by atoms with Crippen LogP contribution in [0.5, 0.6) is 0 Å². The van der Waals surface area contributed by atoms with Crippen molar-refractivity contribution in [3.05, 3.63) is 108 Å². The fraction of sp³-hybridized carbons (Fsp3) is 0.290. The van der Waals surface area contributed by atoms with Crippen LogP contribution in [0.15, 0.2) is 91.0 Å². The number of Topliss-reactive ketones (excluding diaryl/α,β-unsaturated/α-hetero) is 1. The second kappa shape index (κ2) is 13.5. The maximum atomic E-state index is 13.0. The predicted molar refractivity (Wildman–Crippen MR) is 140 cm³/mol. The second-order valence-corrected chi connectivity index (χ2v) is 9.29. The summed E-state index contributed by atoms with van der Waals surface area (Å²) in [5.74, 6) is -2.06. The van der Waals surface area contributed by atoms with E-state index in [-0.39, 0.29) is 31.5 Å². The lowest BCUT2D eigenvalue weighted by Crippen LogP contribution is -2.42. The van der Waals surface area contributed by atoms with Gasteiger partial charge in [0.2, 0.25) is 12.4 Å². The third kappa shape index (κ3) is 8.35. The highest BCUT2D eigenvalue weighted by Crippen LogP contribution is 2.31. The van der Waals surface area contributed by atoms with Gasteiger partial charge in [-0.25, -0.2) is 0 Å². The van der Waals surface area contributed by atoms with E-state index < -0.39 is 42.5 Å². The van der Waals surface area contributed by atoms with Gasteiger partial charge in [-0.15, -0.1) is 0 Å². The van der Waals surface area contributed by atoms with E-state index in [0.29, 0.717) is 0 Å². The molecule has 1 aliphatic rings. The van der Waals surface area contributed by atoms with Crippen molar-refractivity contribution in [2.75, 3.05) is 0 Å². The number of hydrogen-bond donors (Lipinski definition) is 0. The molecule has 0 aromatic heterocycles. The molecule has 4 rings (SSSR count). The van der Waals surface area contributed by atoms with Gasteiger partial charge in [0.1, 0.15) is 11.9 Å². The average Bonchev–Trinajstić information content (AvgIpc) is 3.19. The summed E-state index contributed by atoms with van der Waals surface area (Å²) >= 11 is 0. The molecule has 1 fully saturated rings. The zero-order chi connectivity index (χ0) is 27.6. The van der Waals surface area contributed by atoms with Crippen LogP contribution in [0.3, 0.4) is 0 Å². The van der Waals surface area contributed by atoms with Crippen molar-refractivity contribution in [3.63, 3.8) is 0 Å². The van der Waals surface area contributed by atoms with Crippen molar-refractivity contribution in [2.45, 2.75) is 57.2 Å². The van der Waals surface area contributed by atoms with Crippen LogP contribution < -0.4 is 0 Å². The fourth-order valence-electron chi connectivity index (χ4n) is 4.41. The number of carbonyl (C=O) groups excluding carboxylic acids is 4. The lowest BCUT2D eigenvalue weighted by Gasteiger charge is -2.24. The fourth-order valence-corrected chi connectivity index (χ4v) is 4.41. The van der Waals surface area contributed by atoms with E-state index in [1.165, 1.54) is 6.92 Å². The Morgan fingerprint density at radius 2 is 1.05 bits per heavy atom. The van der Waals surface area contributed by atoms with E-state index in [9.17, 15) is 19.2 Å². The van der Waals surface area contributed by atoms with Gasteiger partial charge >= 0.3 is 17.9 Å². The van der Waals surface area contributed by atoms with Gasteiger partial charge < -0.3 is 18.9 Å². The highest BCUT2D eigenvalue weighted by atomic mass is 16.7. The minimum atomic E-state index is -1.34. The summed E-state index contributed by atoms with van der Waals surface area (Å²) < 4.78 is 22.6. The van der Waals surface area contributed by atoms with Gasteiger partial charge in [0, 0.05) is 19.8 Å². The second-order valence-electron chi connectivity index (χ2n) is 9.29. The van der Waals surface area contributed by atoms with Crippen LogP contribution in [0.25, 0.3) is 0 Å². The highest BCUT2D eigenvalue weighted by molar-refractivity contribution is 5.81. The number of ether oxygens (including phenoxy) is 4. The molecule has 1 heterocycles. The van der Waals surface area contributed by atoms with Gasteiger partial charge in [-0.2, -0.15) is 0 Å². The minimum absolute atomic E-state index is 0.0368. The minimum Gasteiger partial charge on any atom is -0.455 e. The molecule has 0 saturated carbocycles. The van der Waals surface area contributed by atoms with E-state index in [1.807, 2.05) is 42.5 Å². The standard InChI is InChI=1S/C31H30O8/c1-21(32)36-31-30(39-28(35)19-24-15-9-4-10-16-24)29(38-27(34)18-23-13-7-3-8-14-23)26(37-31)20-25(33)17-22-11-5-2-6-12-22/h2-16,26,29-31H,17-20H2,1H3/t26-,29-,30-,31-/m1/s1. The molecule has 0 unspecified atom stereocenters. The molecule has 3 aromatic carbocycles. The number of esters is 3. The van der Waals surface area contributed by atoms with Crippen molar-refractivity contribution in [3.8, 4) is 0 Å². The van der Waals surface area contributed by atoms with Crippen LogP contribution in [0.1, 0.15) is 30.0 Å². The zero-order valence-electron chi connectivity index (χ0n) is 21.6. The van der Waals surface area contributed by atoms with Gasteiger partial charge in [0.05, 0.1) is 12.8 Å². The van der Waals surface area contributed by atoms with E-state index in [4.69, 9.17) is 18.9 Å². The zero-order valence-corrected chi connectivity index (χ0v) is 21.6. The Morgan fingerprint density at radius 1 is 0.615 bits per heavy atom. The molecular formula is C31H30O8. The van der Waals surface area contributed by atoms with Crippen molar-refractivity contribution >= 4 is 23.7 Å². The summed E-state index contributed by atoms with van der Waals surface area (Å²) in [4.78, 5) is 50.6. The molecule has 0 aliphatic carbocycles. The van der Waals surface area contributed by atoms with Crippen molar-refractivity contribution in [2.24, 2.45) is 0 Å². The monoisotopic (exact) mass is 530 g/mol. The first-order valence-corrected chi connectivity index (χ1v) is 12.7. The van der Waals surface area contributed by atoms with Gasteiger partial charge in [0.15, 0.2) is 6.10 Å². The quantitative estimate of drug-likeness (QED) is 0.272. The van der Waals surface area contributed by atoms with Crippen molar-refractivity contribution in [1.29, 1.82) is 0 Å². The van der Waals surface area contributed by atoms with Gasteiger partial charge in [-0.3, -0.25) is 19.2 Å². The topological polar surface area (TPSA) is 105 Å². The lowest BCUT2D eigenvalue weighted by molar-refractivity contribution is -0.196. The smallest absolute Gasteiger partial charge is 0.310 e. The maximum Gasteiger partial charge on any atom is 0.310 e. The third-order valence-corrected chi connectivity index (χ3v) is 6.14. The summed E-state index contributed by atoms with van der Waals surface area (Å²) in [6, 6.07) is 27.2. The van der Waals surface area contributed by atoms with Crippen LogP contribution in [0, 0.1) is 0 Å². The Hall–Kier alpha value is -4.30. The molecule has 0 bridgehead atoms. The molecule has 1 aliphatic heterocycles. The molecule has 8 nitrogen and oxygen atoms in total. The van der Waals surface area contributed by atoms with Crippen molar-refractivity contribution in [1.82, 2.24) is 0 Å². The molecular weight excluding hydrogens is 500 g/mol. The summed E-state index contributed by atoms with van der Waals surface area (Å²) in [6.45, 7) is 1.19. The first kappa shape index (κ1) is 27.7. The SMILES string of the molecule is CC(=O)O[C@@H]1O[C@H](CC(=O)Cc2ccccc2)[C@@H](OC(=O)Cc2ccccc2)[C@H]1OC(=O)Cc1ccccc1. The van der Waals surface area contributed by atoms with E-state index in [2.05, 4.69) is 0 Å². The number of ketones is 1. The van der Waals surface area contributed by atoms with Gasteiger partial charge in [-0.05, 0) is 16.7 Å². The van der Waals surface area contributed by atoms with E-state index in [1.54, 1.807) is 48.5 Å². The lowest BCUT2D eigenvalue weighted by atomic mass is 10.0. The van der Waals surface area contributed by atoms with E-state index >= 15 is 0 Å². The first-order chi connectivity index (χ1) is 18.9. The molecule has 0 spiro atoms. The third-order valence-electron chi connectivity index (χ3n) is 6.14. The van der Waals surface area contributed by atoms with Gasteiger partial charge in [0.25, 0.3) is 0 Å². The number of carbonyl (C=O) groups is 4. The highest BCUT2D eigenvalue weighted by Gasteiger charge is 2.51. The Kier molecular flexibility index (Phi) is 9.58. The molecule has 0 radical (unpaired) electrons. The maximum absolute atomic E-state index is 13.0. The molecule has 0 N–H and O–H groups in total. The van der Waals surface area contributed by atoms with Crippen molar-refractivity contribution < 1.29 is 38.1 Å². The number of rotatable bonds is 11. The van der Waals surface area contributed by atoms with E-state index in [0.717, 1.165) is 16.7 Å². The molecule has 202 valence electrons. The Labute approximate surface area is 226 Å². The molecule has 1 saturated heterocycles. The Balaban J connectivity index is 1.54.